The van der Waals surface area contributed by atoms with E-state index in [1.54, 1.807) is 17.1 Å². The van der Waals surface area contributed by atoms with E-state index in [4.69, 9.17) is 0 Å². The van der Waals surface area contributed by atoms with Gasteiger partial charge >= 0.3 is 0 Å². The number of aryl methyl sites for hydroxylation is 1. The van der Waals surface area contributed by atoms with Crippen molar-refractivity contribution < 1.29 is 13.6 Å². The summed E-state index contributed by atoms with van der Waals surface area (Å²) in [5, 5.41) is 9.71. The average Bonchev–Trinajstić information content (AvgIpc) is 3.15. The summed E-state index contributed by atoms with van der Waals surface area (Å²) in [4.78, 5) is 18.9. The van der Waals surface area contributed by atoms with Gasteiger partial charge in [0.05, 0.1) is 18.3 Å². The van der Waals surface area contributed by atoms with Crippen molar-refractivity contribution in [3.05, 3.63) is 42.4 Å². The number of hydrogen-bond acceptors (Lipinski definition) is 5. The molecule has 2 aromatic heterocycles. The number of hydrogen-bond donors (Lipinski definition) is 0. The van der Waals surface area contributed by atoms with Gasteiger partial charge in [0.25, 0.3) is 0 Å². The molecule has 4 rings (SSSR count). The summed E-state index contributed by atoms with van der Waals surface area (Å²) in [5.41, 5.74) is 0.525. The predicted octanol–water partition coefficient (Wildman–Crippen LogP) is 2.92. The lowest BCUT2D eigenvalue weighted by atomic mass is 9.87. The molecule has 0 atom stereocenters. The van der Waals surface area contributed by atoms with Crippen LogP contribution in [0, 0.1) is 0 Å². The summed E-state index contributed by atoms with van der Waals surface area (Å²) in [7, 11) is 1.82. The van der Waals surface area contributed by atoms with Crippen LogP contribution in [0.25, 0.3) is 22.0 Å². The van der Waals surface area contributed by atoms with Gasteiger partial charge in [-0.2, -0.15) is 0 Å². The molecule has 0 spiro atoms. The standard InChI is InChI=1S/C21H23F2N5O/c1-27-19(14-25-26-27)15-2-3-16-13-24-18(11-17(16)10-15)12-20(29)21(23)4-7-28(8-5-21)9-6-22/h2-3,10-11,13-14H,4-9,12H2,1H3. The molecule has 3 aromatic rings. The fourth-order valence-electron chi connectivity index (χ4n) is 3.85. The zero-order valence-electron chi connectivity index (χ0n) is 16.3. The number of carbonyl (C=O) groups is 1. The number of ketones is 1. The van der Waals surface area contributed by atoms with Crippen LogP contribution in [0.4, 0.5) is 8.78 Å². The van der Waals surface area contributed by atoms with Crippen molar-refractivity contribution in [1.29, 1.82) is 0 Å². The molecule has 6 nitrogen and oxygen atoms in total. The Morgan fingerprint density at radius 3 is 2.66 bits per heavy atom. The van der Waals surface area contributed by atoms with Gasteiger partial charge in [-0.1, -0.05) is 17.3 Å². The van der Waals surface area contributed by atoms with E-state index in [0.717, 1.165) is 22.0 Å². The molecule has 3 heterocycles. The number of carbonyl (C=O) groups excluding carboxylic acids is 1. The first-order valence-electron chi connectivity index (χ1n) is 9.73. The Morgan fingerprint density at radius 2 is 1.97 bits per heavy atom. The van der Waals surface area contributed by atoms with E-state index < -0.39 is 18.1 Å². The molecule has 1 aliphatic rings. The molecule has 1 aliphatic heterocycles. The summed E-state index contributed by atoms with van der Waals surface area (Å²) in [6, 6.07) is 7.75. The molecule has 0 bridgehead atoms. The Bertz CT molecular complexity index is 1030. The topological polar surface area (TPSA) is 63.9 Å². The van der Waals surface area contributed by atoms with Gasteiger partial charge in [-0.3, -0.25) is 9.78 Å². The molecule has 0 unspecified atom stereocenters. The molecule has 8 heteroatoms. The number of alkyl halides is 2. The van der Waals surface area contributed by atoms with Crippen molar-refractivity contribution in [3.8, 4) is 11.3 Å². The summed E-state index contributed by atoms with van der Waals surface area (Å²) in [6.07, 6.45) is 3.56. The normalized spacial score (nSPS) is 16.9. The van der Waals surface area contributed by atoms with Gasteiger partial charge < -0.3 is 4.90 Å². The molecule has 29 heavy (non-hydrogen) atoms. The third kappa shape index (κ3) is 4.03. The van der Waals surface area contributed by atoms with Gasteiger partial charge in [-0.25, -0.2) is 13.5 Å². The average molecular weight is 399 g/mol. The Hall–Kier alpha value is -2.74. The van der Waals surface area contributed by atoms with Crippen molar-refractivity contribution in [1.82, 2.24) is 24.9 Å². The molecule has 152 valence electrons. The fraction of sp³-hybridized carbons (Fsp3) is 0.429. The van der Waals surface area contributed by atoms with Gasteiger partial charge in [0, 0.05) is 62.4 Å². The molecule has 1 fully saturated rings. The number of fused-ring (bicyclic) bond motifs is 1. The van der Waals surface area contributed by atoms with E-state index in [0.29, 0.717) is 25.3 Å². The molecule has 0 aliphatic carbocycles. The maximum absolute atomic E-state index is 15.2. The molecule has 1 aromatic carbocycles. The SMILES string of the molecule is Cn1nncc1-c1ccc2cnc(CC(=O)C3(F)CCN(CCF)CC3)cc2c1. The number of nitrogens with zero attached hydrogens (tertiary/aromatic N) is 5. The van der Waals surface area contributed by atoms with Gasteiger partial charge in [0.15, 0.2) is 11.5 Å². The zero-order valence-corrected chi connectivity index (χ0v) is 16.3. The highest BCUT2D eigenvalue weighted by Gasteiger charge is 2.41. The summed E-state index contributed by atoms with van der Waals surface area (Å²) >= 11 is 0. The van der Waals surface area contributed by atoms with Crippen LogP contribution in [0.1, 0.15) is 18.5 Å². The van der Waals surface area contributed by atoms with Crippen molar-refractivity contribution in [3.63, 3.8) is 0 Å². The molecular formula is C21H23F2N5O. The minimum Gasteiger partial charge on any atom is -0.300 e. The summed E-state index contributed by atoms with van der Waals surface area (Å²) in [5.74, 6) is -0.448. The van der Waals surface area contributed by atoms with E-state index in [2.05, 4.69) is 15.3 Å². The minimum atomic E-state index is -1.86. The first-order chi connectivity index (χ1) is 14.0. The number of piperidine rings is 1. The van der Waals surface area contributed by atoms with E-state index in [-0.39, 0.29) is 19.3 Å². The Labute approximate surface area is 167 Å². The summed E-state index contributed by atoms with van der Waals surface area (Å²) in [6.45, 7) is 0.648. The lowest BCUT2D eigenvalue weighted by Crippen LogP contribution is -2.47. The minimum absolute atomic E-state index is 0.0486. The molecular weight excluding hydrogens is 376 g/mol. The Balaban J connectivity index is 1.52. The Morgan fingerprint density at radius 1 is 1.17 bits per heavy atom. The fourth-order valence-corrected chi connectivity index (χ4v) is 3.85. The van der Waals surface area contributed by atoms with Crippen LogP contribution in [0.5, 0.6) is 0 Å². The first kappa shape index (κ1) is 19.6. The van der Waals surface area contributed by atoms with Crippen LogP contribution >= 0.6 is 0 Å². The van der Waals surface area contributed by atoms with Crippen molar-refractivity contribution >= 4 is 16.6 Å². The zero-order chi connectivity index (χ0) is 20.4. The largest absolute Gasteiger partial charge is 0.300 e. The number of likely N-dealkylation sites (tertiary alicyclic amines) is 1. The molecule has 0 radical (unpaired) electrons. The van der Waals surface area contributed by atoms with Crippen molar-refractivity contribution in [2.24, 2.45) is 7.05 Å². The van der Waals surface area contributed by atoms with Gasteiger partial charge in [0.2, 0.25) is 0 Å². The summed E-state index contributed by atoms with van der Waals surface area (Å²) < 4.78 is 29.3. The van der Waals surface area contributed by atoms with Gasteiger partial charge in [-0.15, -0.1) is 5.10 Å². The van der Waals surface area contributed by atoms with E-state index in [9.17, 15) is 9.18 Å². The maximum Gasteiger partial charge on any atom is 0.175 e. The maximum atomic E-state index is 15.2. The third-order valence-electron chi connectivity index (χ3n) is 5.68. The number of halogens is 2. The number of rotatable bonds is 6. The van der Waals surface area contributed by atoms with Crippen LogP contribution in [-0.2, 0) is 18.3 Å². The highest BCUT2D eigenvalue weighted by Crippen LogP contribution is 2.29. The first-order valence-corrected chi connectivity index (χ1v) is 9.73. The van der Waals surface area contributed by atoms with E-state index in [1.165, 1.54) is 0 Å². The van der Waals surface area contributed by atoms with E-state index in [1.807, 2.05) is 36.2 Å². The molecule has 1 saturated heterocycles. The van der Waals surface area contributed by atoms with Crippen molar-refractivity contribution in [2.75, 3.05) is 26.3 Å². The van der Waals surface area contributed by atoms with Gasteiger partial charge in [-0.05, 0) is 17.5 Å². The lowest BCUT2D eigenvalue weighted by Gasteiger charge is -2.34. The van der Waals surface area contributed by atoms with E-state index >= 15 is 4.39 Å². The number of Topliss-reactive ketones (excluding diaryl/α,β-unsaturated/α-hetero) is 1. The number of pyridine rings is 1. The van der Waals surface area contributed by atoms with Crippen LogP contribution in [0.15, 0.2) is 36.7 Å². The predicted molar refractivity (Wildman–Crippen MR) is 106 cm³/mol. The second-order valence-corrected chi connectivity index (χ2v) is 7.58. The highest BCUT2D eigenvalue weighted by molar-refractivity contribution is 5.91. The molecule has 0 N–H and O–H groups in total. The quantitative estimate of drug-likeness (QED) is 0.638. The smallest absolute Gasteiger partial charge is 0.175 e. The molecule has 0 saturated carbocycles. The Kier molecular flexibility index (Phi) is 5.36. The lowest BCUT2D eigenvalue weighted by molar-refractivity contribution is -0.133. The second kappa shape index (κ2) is 7.94. The second-order valence-electron chi connectivity index (χ2n) is 7.58. The van der Waals surface area contributed by atoms with Crippen LogP contribution in [-0.4, -0.2) is 62.6 Å². The highest BCUT2D eigenvalue weighted by atomic mass is 19.1. The number of benzene rings is 1. The van der Waals surface area contributed by atoms with Crippen LogP contribution < -0.4 is 0 Å². The number of aromatic nitrogens is 4. The van der Waals surface area contributed by atoms with Crippen LogP contribution in [0.2, 0.25) is 0 Å². The third-order valence-corrected chi connectivity index (χ3v) is 5.68. The van der Waals surface area contributed by atoms with Gasteiger partial charge in [0.1, 0.15) is 6.67 Å². The van der Waals surface area contributed by atoms with Crippen LogP contribution in [0.3, 0.4) is 0 Å². The molecule has 0 amide bonds. The van der Waals surface area contributed by atoms with Crippen molar-refractivity contribution in [2.45, 2.75) is 24.9 Å². The monoisotopic (exact) mass is 399 g/mol.